The van der Waals surface area contributed by atoms with Gasteiger partial charge in [0.15, 0.2) is 0 Å². The second-order valence-corrected chi connectivity index (χ2v) is 6.96. The van der Waals surface area contributed by atoms with E-state index in [0.29, 0.717) is 30.2 Å². The Labute approximate surface area is 167 Å². The van der Waals surface area contributed by atoms with Crippen LogP contribution in [-0.2, 0) is 17.6 Å². The highest BCUT2D eigenvalue weighted by Gasteiger charge is 2.15. The Morgan fingerprint density at radius 3 is 2.57 bits per heavy atom. The molecule has 0 saturated carbocycles. The number of carbonyl (C=O) groups is 1. The van der Waals surface area contributed by atoms with Gasteiger partial charge in [-0.3, -0.25) is 0 Å². The van der Waals surface area contributed by atoms with Crippen LogP contribution in [0.1, 0.15) is 40.1 Å². The molecule has 0 aliphatic rings. The van der Waals surface area contributed by atoms with Crippen LogP contribution < -0.4 is 0 Å². The lowest BCUT2D eigenvalue weighted by atomic mass is 10.1. The van der Waals surface area contributed by atoms with Crippen LogP contribution in [-0.4, -0.2) is 12.6 Å². The molecule has 0 radical (unpaired) electrons. The zero-order valence-corrected chi connectivity index (χ0v) is 16.2. The molecule has 0 saturated heterocycles. The third-order valence-corrected chi connectivity index (χ3v) is 4.65. The molecule has 5 heteroatoms. The molecule has 0 fully saturated rings. The normalized spacial score (nSPS) is 11.1. The van der Waals surface area contributed by atoms with Crippen molar-refractivity contribution in [3.63, 3.8) is 0 Å². The summed E-state index contributed by atoms with van der Waals surface area (Å²) in [6, 6.07) is 19.3. The van der Waals surface area contributed by atoms with E-state index in [9.17, 15) is 4.79 Å². The largest absolute Gasteiger partial charge is 0.460 e. The molecule has 142 valence electrons. The molecular formula is C23H19ClO4. The predicted molar refractivity (Wildman–Crippen MR) is 108 cm³/mol. The second-order valence-electron chi connectivity index (χ2n) is 6.52. The summed E-state index contributed by atoms with van der Waals surface area (Å²) >= 11 is 6.31. The van der Waals surface area contributed by atoms with Crippen molar-refractivity contribution in [2.75, 3.05) is 6.61 Å². The van der Waals surface area contributed by atoms with E-state index >= 15 is 0 Å². The van der Waals surface area contributed by atoms with Gasteiger partial charge in [0, 0.05) is 28.8 Å². The number of halogens is 1. The van der Waals surface area contributed by atoms with Crippen LogP contribution in [0.2, 0.25) is 5.02 Å². The third kappa shape index (κ3) is 3.97. The Morgan fingerprint density at radius 1 is 0.964 bits per heavy atom. The molecule has 0 aliphatic heterocycles. The van der Waals surface area contributed by atoms with Crippen molar-refractivity contribution in [3.8, 4) is 0 Å². The number of hydrogen-bond acceptors (Lipinski definition) is 4. The van der Waals surface area contributed by atoms with E-state index < -0.39 is 5.97 Å². The Morgan fingerprint density at radius 2 is 1.79 bits per heavy atom. The van der Waals surface area contributed by atoms with Crippen LogP contribution in [0.5, 0.6) is 0 Å². The number of benzene rings is 2. The molecule has 0 amide bonds. The summed E-state index contributed by atoms with van der Waals surface area (Å²) in [5.74, 6) is 1.25. The third-order valence-electron chi connectivity index (χ3n) is 4.43. The Kier molecular flexibility index (Phi) is 5.22. The molecule has 4 nitrogen and oxygen atoms in total. The number of furan rings is 2. The topological polar surface area (TPSA) is 52.6 Å². The van der Waals surface area contributed by atoms with E-state index in [-0.39, 0.29) is 5.76 Å². The van der Waals surface area contributed by atoms with Crippen LogP contribution in [0.25, 0.3) is 11.0 Å². The first-order valence-electron chi connectivity index (χ1n) is 9.13. The molecule has 0 unspecified atom stereocenters. The van der Waals surface area contributed by atoms with Gasteiger partial charge in [-0.25, -0.2) is 4.79 Å². The van der Waals surface area contributed by atoms with Crippen molar-refractivity contribution in [3.05, 3.63) is 94.1 Å². The zero-order valence-electron chi connectivity index (χ0n) is 15.4. The zero-order chi connectivity index (χ0) is 19.5. The van der Waals surface area contributed by atoms with Crippen LogP contribution >= 0.6 is 11.6 Å². The summed E-state index contributed by atoms with van der Waals surface area (Å²) in [5, 5.41) is 1.58. The number of carbonyl (C=O) groups excluding carboxylic acids is 1. The first kappa shape index (κ1) is 18.4. The Balaban J connectivity index is 1.62. The lowest BCUT2D eigenvalue weighted by Gasteiger charge is -2.02. The number of fused-ring (bicyclic) bond motifs is 1. The van der Waals surface area contributed by atoms with Gasteiger partial charge in [-0.1, -0.05) is 41.9 Å². The number of esters is 1. The number of ether oxygens (including phenoxy) is 1. The van der Waals surface area contributed by atoms with Gasteiger partial charge < -0.3 is 13.6 Å². The highest BCUT2D eigenvalue weighted by Crippen LogP contribution is 2.30. The van der Waals surface area contributed by atoms with E-state index in [0.717, 1.165) is 22.3 Å². The molecule has 0 atom stereocenters. The summed E-state index contributed by atoms with van der Waals surface area (Å²) < 4.78 is 16.7. The maximum atomic E-state index is 11.8. The molecule has 0 aliphatic carbocycles. The quantitative estimate of drug-likeness (QED) is 0.374. The molecule has 0 spiro atoms. The molecule has 0 N–H and O–H groups in total. The van der Waals surface area contributed by atoms with Gasteiger partial charge >= 0.3 is 5.97 Å². The van der Waals surface area contributed by atoms with Gasteiger partial charge in [0.05, 0.1) is 6.61 Å². The SMILES string of the molecule is CCOC(=O)c1ccc(Cc2cc(Cl)cc3cc(Cc4ccccc4)oc23)o1. The Bertz CT molecular complexity index is 1110. The van der Waals surface area contributed by atoms with Crippen LogP contribution in [0, 0.1) is 0 Å². The fourth-order valence-electron chi connectivity index (χ4n) is 3.23. The minimum atomic E-state index is -0.465. The van der Waals surface area contributed by atoms with E-state index in [1.807, 2.05) is 36.4 Å². The summed E-state index contributed by atoms with van der Waals surface area (Å²) in [6.45, 7) is 2.06. The minimum Gasteiger partial charge on any atom is -0.460 e. The van der Waals surface area contributed by atoms with Crippen molar-refractivity contribution in [2.45, 2.75) is 19.8 Å². The summed E-state index contributed by atoms with van der Waals surface area (Å²) in [5.41, 5.74) is 2.87. The van der Waals surface area contributed by atoms with Crippen molar-refractivity contribution < 1.29 is 18.4 Å². The highest BCUT2D eigenvalue weighted by molar-refractivity contribution is 6.31. The highest BCUT2D eigenvalue weighted by atomic mass is 35.5. The Hall–Kier alpha value is -2.98. The first-order valence-corrected chi connectivity index (χ1v) is 9.51. The van der Waals surface area contributed by atoms with Crippen molar-refractivity contribution in [1.82, 2.24) is 0 Å². The fourth-order valence-corrected chi connectivity index (χ4v) is 3.48. The minimum absolute atomic E-state index is 0.194. The average Bonchev–Trinajstić information content (AvgIpc) is 3.29. The second kappa shape index (κ2) is 7.95. The van der Waals surface area contributed by atoms with Crippen LogP contribution in [0.15, 0.2) is 69.5 Å². The summed E-state index contributed by atoms with van der Waals surface area (Å²) in [7, 11) is 0. The van der Waals surface area contributed by atoms with Gasteiger partial charge in [-0.2, -0.15) is 0 Å². The van der Waals surface area contributed by atoms with Gasteiger partial charge in [0.1, 0.15) is 17.1 Å². The van der Waals surface area contributed by atoms with E-state index in [1.165, 1.54) is 5.56 Å². The van der Waals surface area contributed by atoms with Gasteiger partial charge in [0.2, 0.25) is 5.76 Å². The van der Waals surface area contributed by atoms with Gasteiger partial charge in [0.25, 0.3) is 0 Å². The molecule has 2 aromatic heterocycles. The van der Waals surface area contributed by atoms with Gasteiger partial charge in [-0.15, -0.1) is 0 Å². The van der Waals surface area contributed by atoms with E-state index in [1.54, 1.807) is 19.1 Å². The first-order chi connectivity index (χ1) is 13.6. The number of hydrogen-bond donors (Lipinski definition) is 0. The van der Waals surface area contributed by atoms with Crippen molar-refractivity contribution in [1.29, 1.82) is 0 Å². The van der Waals surface area contributed by atoms with E-state index in [4.69, 9.17) is 25.2 Å². The predicted octanol–water partition coefficient (Wildman–Crippen LogP) is 6.04. The molecule has 4 rings (SSSR count). The van der Waals surface area contributed by atoms with Crippen molar-refractivity contribution in [2.24, 2.45) is 0 Å². The summed E-state index contributed by atoms with van der Waals surface area (Å²) in [6.07, 6.45) is 1.18. The molecule has 0 bridgehead atoms. The van der Waals surface area contributed by atoms with E-state index in [2.05, 4.69) is 12.1 Å². The van der Waals surface area contributed by atoms with Crippen LogP contribution in [0.3, 0.4) is 0 Å². The monoisotopic (exact) mass is 394 g/mol. The number of rotatable bonds is 6. The van der Waals surface area contributed by atoms with Gasteiger partial charge in [-0.05, 0) is 42.8 Å². The standard InChI is InChI=1S/C23H19ClO4/c1-2-26-23(25)21-9-8-19(27-21)13-16-11-18(24)12-17-14-20(28-22(16)17)10-15-6-4-3-5-7-15/h3-9,11-12,14H,2,10,13H2,1H3. The molecule has 4 aromatic rings. The molecule has 2 heterocycles. The smallest absolute Gasteiger partial charge is 0.374 e. The van der Waals surface area contributed by atoms with Crippen LogP contribution in [0.4, 0.5) is 0 Å². The summed E-state index contributed by atoms with van der Waals surface area (Å²) in [4.78, 5) is 11.8. The molecule has 2 aromatic carbocycles. The maximum absolute atomic E-state index is 11.8. The lowest BCUT2D eigenvalue weighted by molar-refractivity contribution is 0.0488. The maximum Gasteiger partial charge on any atom is 0.374 e. The molecule has 28 heavy (non-hydrogen) atoms. The molecular weight excluding hydrogens is 376 g/mol. The lowest BCUT2D eigenvalue weighted by Crippen LogP contribution is -2.02. The van der Waals surface area contributed by atoms with Crippen molar-refractivity contribution >= 4 is 28.5 Å². The average molecular weight is 395 g/mol. The fraction of sp³-hybridized carbons (Fsp3) is 0.174.